The van der Waals surface area contributed by atoms with Crippen LogP contribution < -0.4 is 10.6 Å². The van der Waals surface area contributed by atoms with Crippen LogP contribution in [0.1, 0.15) is 35.4 Å². The molecule has 0 bridgehead atoms. The molecule has 0 saturated carbocycles. The third-order valence-electron chi connectivity index (χ3n) is 5.50. The van der Waals surface area contributed by atoms with E-state index in [9.17, 15) is 4.79 Å². The Labute approximate surface area is 165 Å². The SMILES string of the molecule is Cc1ccc(C(CNC(=O)NC2CCOCC2)c2c[nH]c3ccccc23)cc1. The van der Waals surface area contributed by atoms with Gasteiger partial charge in [0.05, 0.1) is 0 Å². The third-order valence-corrected chi connectivity index (χ3v) is 5.50. The van der Waals surface area contributed by atoms with Gasteiger partial charge >= 0.3 is 6.03 Å². The molecule has 1 unspecified atom stereocenters. The summed E-state index contributed by atoms with van der Waals surface area (Å²) in [6.45, 7) is 4.06. The first kappa shape index (κ1) is 18.6. The molecule has 3 aromatic rings. The number of aryl methyl sites for hydroxylation is 1. The van der Waals surface area contributed by atoms with Crippen molar-refractivity contribution in [1.29, 1.82) is 0 Å². The number of carbonyl (C=O) groups is 1. The van der Waals surface area contributed by atoms with Gasteiger partial charge in [0, 0.05) is 48.8 Å². The summed E-state index contributed by atoms with van der Waals surface area (Å²) in [7, 11) is 0. The highest BCUT2D eigenvalue weighted by Crippen LogP contribution is 2.30. The van der Waals surface area contributed by atoms with Gasteiger partial charge < -0.3 is 20.4 Å². The highest BCUT2D eigenvalue weighted by Gasteiger charge is 2.20. The van der Waals surface area contributed by atoms with E-state index >= 15 is 0 Å². The van der Waals surface area contributed by atoms with Crippen LogP contribution in [-0.4, -0.2) is 36.8 Å². The van der Waals surface area contributed by atoms with Gasteiger partial charge in [-0.15, -0.1) is 0 Å². The van der Waals surface area contributed by atoms with Crippen LogP contribution in [0.4, 0.5) is 4.79 Å². The topological polar surface area (TPSA) is 66.2 Å². The van der Waals surface area contributed by atoms with E-state index in [1.165, 1.54) is 22.1 Å². The first-order valence-electron chi connectivity index (χ1n) is 9.95. The summed E-state index contributed by atoms with van der Waals surface area (Å²) >= 11 is 0. The zero-order valence-corrected chi connectivity index (χ0v) is 16.2. The maximum atomic E-state index is 12.5. The van der Waals surface area contributed by atoms with E-state index in [0.29, 0.717) is 19.8 Å². The number of aromatic amines is 1. The molecular weight excluding hydrogens is 350 g/mol. The number of amides is 2. The molecule has 1 aliphatic heterocycles. The Morgan fingerprint density at radius 3 is 2.68 bits per heavy atom. The van der Waals surface area contributed by atoms with Crippen molar-refractivity contribution in [3.8, 4) is 0 Å². The van der Waals surface area contributed by atoms with Gasteiger partial charge in [-0.25, -0.2) is 4.79 Å². The molecule has 1 atom stereocenters. The molecule has 146 valence electrons. The monoisotopic (exact) mass is 377 g/mol. The van der Waals surface area contributed by atoms with Gasteiger partial charge in [-0.3, -0.25) is 0 Å². The standard InChI is InChI=1S/C23H27N3O2/c1-16-6-8-17(9-7-16)20(21-15-24-22-5-3-2-4-19(21)22)14-25-23(27)26-18-10-12-28-13-11-18/h2-9,15,18,20,24H,10-14H2,1H3,(H2,25,26,27). The van der Waals surface area contributed by atoms with E-state index in [1.54, 1.807) is 0 Å². The van der Waals surface area contributed by atoms with Crippen molar-refractivity contribution in [1.82, 2.24) is 15.6 Å². The highest BCUT2D eigenvalue weighted by molar-refractivity contribution is 5.84. The Bertz CT molecular complexity index is 926. The van der Waals surface area contributed by atoms with Crippen molar-refractivity contribution in [3.63, 3.8) is 0 Å². The Morgan fingerprint density at radius 1 is 1.14 bits per heavy atom. The minimum absolute atomic E-state index is 0.0807. The van der Waals surface area contributed by atoms with Crippen LogP contribution in [0.3, 0.4) is 0 Å². The number of aromatic nitrogens is 1. The van der Waals surface area contributed by atoms with E-state index < -0.39 is 0 Å². The summed E-state index contributed by atoms with van der Waals surface area (Å²) < 4.78 is 5.36. The molecular formula is C23H27N3O2. The van der Waals surface area contributed by atoms with Gasteiger partial charge in [-0.2, -0.15) is 0 Å². The molecule has 5 heteroatoms. The Kier molecular flexibility index (Phi) is 5.63. The molecule has 4 rings (SSSR count). The van der Waals surface area contributed by atoms with E-state index in [-0.39, 0.29) is 18.0 Å². The molecule has 1 saturated heterocycles. The fourth-order valence-corrected chi connectivity index (χ4v) is 3.86. The van der Waals surface area contributed by atoms with Gasteiger partial charge in [0.25, 0.3) is 0 Å². The van der Waals surface area contributed by atoms with E-state index in [0.717, 1.165) is 18.4 Å². The summed E-state index contributed by atoms with van der Waals surface area (Å²) in [5.74, 6) is 0.0807. The first-order valence-corrected chi connectivity index (χ1v) is 9.95. The summed E-state index contributed by atoms with van der Waals surface area (Å²) in [4.78, 5) is 15.8. The number of para-hydroxylation sites is 1. The quantitative estimate of drug-likeness (QED) is 0.627. The van der Waals surface area contributed by atoms with Gasteiger partial charge in [-0.1, -0.05) is 48.0 Å². The number of fused-ring (bicyclic) bond motifs is 1. The minimum Gasteiger partial charge on any atom is -0.381 e. The van der Waals surface area contributed by atoms with Gasteiger partial charge in [-0.05, 0) is 37.0 Å². The number of nitrogens with one attached hydrogen (secondary N) is 3. The van der Waals surface area contributed by atoms with Crippen molar-refractivity contribution in [2.45, 2.75) is 31.7 Å². The minimum atomic E-state index is -0.108. The second-order valence-corrected chi connectivity index (χ2v) is 7.49. The normalized spacial score (nSPS) is 16.0. The van der Waals surface area contributed by atoms with Gasteiger partial charge in [0.1, 0.15) is 0 Å². The molecule has 0 spiro atoms. The third kappa shape index (κ3) is 4.20. The van der Waals surface area contributed by atoms with E-state index in [2.05, 4.69) is 71.2 Å². The number of benzene rings is 2. The number of H-pyrrole nitrogens is 1. The fraction of sp³-hybridized carbons (Fsp3) is 0.348. The summed E-state index contributed by atoms with van der Waals surface area (Å²) in [5, 5.41) is 7.36. The molecule has 0 aliphatic carbocycles. The molecule has 0 radical (unpaired) electrons. The molecule has 1 aliphatic rings. The van der Waals surface area contributed by atoms with Gasteiger partial charge in [0.15, 0.2) is 0 Å². The molecule has 3 N–H and O–H groups in total. The zero-order valence-electron chi connectivity index (χ0n) is 16.2. The lowest BCUT2D eigenvalue weighted by Gasteiger charge is -2.24. The Hall–Kier alpha value is -2.79. The van der Waals surface area contributed by atoms with E-state index in [1.807, 2.05) is 6.07 Å². The van der Waals surface area contributed by atoms with Crippen LogP contribution in [0.5, 0.6) is 0 Å². The molecule has 1 aromatic heterocycles. The van der Waals surface area contributed by atoms with Crippen molar-refractivity contribution >= 4 is 16.9 Å². The molecule has 28 heavy (non-hydrogen) atoms. The van der Waals surface area contributed by atoms with Crippen LogP contribution in [0.2, 0.25) is 0 Å². The average Bonchev–Trinajstić information content (AvgIpc) is 3.14. The van der Waals surface area contributed by atoms with Crippen LogP contribution >= 0.6 is 0 Å². The van der Waals surface area contributed by atoms with Crippen molar-refractivity contribution in [2.24, 2.45) is 0 Å². The van der Waals surface area contributed by atoms with Gasteiger partial charge in [0.2, 0.25) is 0 Å². The summed E-state index contributed by atoms with van der Waals surface area (Å²) in [5.41, 5.74) is 4.74. The number of hydrogen-bond acceptors (Lipinski definition) is 2. The number of carbonyl (C=O) groups excluding carboxylic acids is 1. The van der Waals surface area contributed by atoms with Crippen LogP contribution in [-0.2, 0) is 4.74 Å². The number of urea groups is 1. The summed E-state index contributed by atoms with van der Waals surface area (Å²) in [6, 6.07) is 16.9. The predicted octanol–water partition coefficient (Wildman–Crippen LogP) is 4.09. The molecule has 5 nitrogen and oxygen atoms in total. The molecule has 2 aromatic carbocycles. The Balaban J connectivity index is 1.53. The molecule has 2 heterocycles. The Morgan fingerprint density at radius 2 is 1.89 bits per heavy atom. The number of rotatable bonds is 5. The highest BCUT2D eigenvalue weighted by atomic mass is 16.5. The molecule has 2 amide bonds. The largest absolute Gasteiger partial charge is 0.381 e. The lowest BCUT2D eigenvalue weighted by molar-refractivity contribution is 0.0801. The molecule has 1 fully saturated rings. The smallest absolute Gasteiger partial charge is 0.315 e. The fourth-order valence-electron chi connectivity index (χ4n) is 3.86. The summed E-state index contributed by atoms with van der Waals surface area (Å²) in [6.07, 6.45) is 3.81. The maximum Gasteiger partial charge on any atom is 0.315 e. The maximum absolute atomic E-state index is 12.5. The second-order valence-electron chi connectivity index (χ2n) is 7.49. The van der Waals surface area contributed by atoms with Crippen LogP contribution in [0.25, 0.3) is 10.9 Å². The average molecular weight is 377 g/mol. The zero-order chi connectivity index (χ0) is 19.3. The van der Waals surface area contributed by atoms with Crippen LogP contribution in [0, 0.1) is 6.92 Å². The lowest BCUT2D eigenvalue weighted by atomic mass is 9.90. The predicted molar refractivity (Wildman–Crippen MR) is 112 cm³/mol. The van der Waals surface area contributed by atoms with Crippen molar-refractivity contribution in [2.75, 3.05) is 19.8 Å². The van der Waals surface area contributed by atoms with Crippen molar-refractivity contribution in [3.05, 3.63) is 71.4 Å². The lowest BCUT2D eigenvalue weighted by Crippen LogP contribution is -2.45. The number of hydrogen-bond donors (Lipinski definition) is 3. The van der Waals surface area contributed by atoms with Crippen molar-refractivity contribution < 1.29 is 9.53 Å². The van der Waals surface area contributed by atoms with Crippen LogP contribution in [0.15, 0.2) is 54.7 Å². The number of ether oxygens (including phenoxy) is 1. The first-order chi connectivity index (χ1) is 13.7. The van der Waals surface area contributed by atoms with E-state index in [4.69, 9.17) is 4.74 Å². The second kappa shape index (κ2) is 8.48.